The number of hydrogen-bond acceptors (Lipinski definition) is 2. The van der Waals surface area contributed by atoms with Gasteiger partial charge in [0.15, 0.2) is 0 Å². The molecule has 0 aliphatic heterocycles. The Labute approximate surface area is 106 Å². The predicted octanol–water partition coefficient (Wildman–Crippen LogP) is 2.69. The zero-order valence-electron chi connectivity index (χ0n) is 11.4. The van der Waals surface area contributed by atoms with Gasteiger partial charge in [0.2, 0.25) is 0 Å². The fourth-order valence-corrected chi connectivity index (χ4v) is 10.4. The molecule has 0 saturated carbocycles. The van der Waals surface area contributed by atoms with Crippen molar-refractivity contribution < 1.29 is 8.85 Å². The summed E-state index contributed by atoms with van der Waals surface area (Å²) in [5, 5.41) is 1.37. The van der Waals surface area contributed by atoms with Gasteiger partial charge in [-0.15, -0.1) is 0 Å². The summed E-state index contributed by atoms with van der Waals surface area (Å²) < 4.78 is 11.5. The number of benzene rings is 1. The van der Waals surface area contributed by atoms with Crippen molar-refractivity contribution in [1.29, 1.82) is 0 Å². The van der Waals surface area contributed by atoms with Crippen molar-refractivity contribution in [2.24, 2.45) is 0 Å². The van der Waals surface area contributed by atoms with E-state index in [9.17, 15) is 0 Å². The summed E-state index contributed by atoms with van der Waals surface area (Å²) in [4.78, 5) is 0. The summed E-state index contributed by atoms with van der Waals surface area (Å²) >= 11 is 0. The molecular formula is C13H22O2Si2. The largest absolute Gasteiger partial charge is 0.400 e. The van der Waals surface area contributed by atoms with E-state index in [1.807, 2.05) is 12.1 Å². The minimum absolute atomic E-state index is 1.21. The van der Waals surface area contributed by atoms with Crippen molar-refractivity contribution in [3.63, 3.8) is 0 Å². The van der Waals surface area contributed by atoms with Crippen molar-refractivity contribution in [2.45, 2.75) is 19.6 Å². The lowest BCUT2D eigenvalue weighted by Crippen LogP contribution is -2.67. The lowest BCUT2D eigenvalue weighted by molar-refractivity contribution is 0.270. The molecule has 0 aromatic heterocycles. The Morgan fingerprint density at radius 1 is 1.06 bits per heavy atom. The molecule has 0 heterocycles. The van der Waals surface area contributed by atoms with Gasteiger partial charge < -0.3 is 8.85 Å². The van der Waals surface area contributed by atoms with Crippen LogP contribution < -0.4 is 5.19 Å². The third kappa shape index (κ3) is 2.45. The van der Waals surface area contributed by atoms with Crippen LogP contribution in [0.1, 0.15) is 5.56 Å². The second-order valence-electron chi connectivity index (χ2n) is 4.77. The summed E-state index contributed by atoms with van der Waals surface area (Å²) in [6.07, 6.45) is 1.92. The van der Waals surface area contributed by atoms with Gasteiger partial charge in [-0.1, -0.05) is 50.0 Å². The molecule has 0 saturated heterocycles. The zero-order chi connectivity index (χ0) is 13.1. The zero-order valence-corrected chi connectivity index (χ0v) is 13.4. The average Bonchev–Trinajstić information content (AvgIpc) is 2.37. The molecule has 0 bridgehead atoms. The summed E-state index contributed by atoms with van der Waals surface area (Å²) in [6, 6.07) is 8.42. The van der Waals surface area contributed by atoms with Gasteiger partial charge in [0, 0.05) is 14.2 Å². The highest BCUT2D eigenvalue weighted by molar-refractivity contribution is 7.41. The van der Waals surface area contributed by atoms with Gasteiger partial charge in [0.25, 0.3) is 0 Å². The van der Waals surface area contributed by atoms with Crippen LogP contribution in [0.25, 0.3) is 6.08 Å². The first-order valence-corrected chi connectivity index (χ1v) is 12.1. The minimum Gasteiger partial charge on any atom is -0.400 e. The Bertz CT molecular complexity index is 398. The predicted molar refractivity (Wildman–Crippen MR) is 79.3 cm³/mol. The molecule has 0 aliphatic carbocycles. The third-order valence-electron chi connectivity index (χ3n) is 3.77. The van der Waals surface area contributed by atoms with Crippen LogP contribution in [0, 0.1) is 0 Å². The smallest absolute Gasteiger partial charge is 0.317 e. The Kier molecular flexibility index (Phi) is 4.49. The van der Waals surface area contributed by atoms with Crippen LogP contribution in [0.15, 0.2) is 30.8 Å². The SMILES string of the molecule is C=Cc1ccccc1[Si](C)(C)[Si](C)(OC)OC. The lowest BCUT2D eigenvalue weighted by atomic mass is 10.2. The van der Waals surface area contributed by atoms with E-state index in [0.29, 0.717) is 0 Å². The summed E-state index contributed by atoms with van der Waals surface area (Å²) in [7, 11) is -0.368. The molecule has 0 spiro atoms. The number of rotatable bonds is 5. The molecule has 17 heavy (non-hydrogen) atoms. The first kappa shape index (κ1) is 14.4. The van der Waals surface area contributed by atoms with E-state index < -0.39 is 15.7 Å². The molecule has 0 atom stereocenters. The van der Waals surface area contributed by atoms with Crippen LogP contribution in [0.3, 0.4) is 0 Å². The molecule has 1 aromatic rings. The Hall–Kier alpha value is -0.686. The van der Waals surface area contributed by atoms with Crippen molar-refractivity contribution >= 4 is 26.9 Å². The molecular weight excluding hydrogens is 244 g/mol. The summed E-state index contributed by atoms with van der Waals surface area (Å²) in [6.45, 7) is 10.7. The van der Waals surface area contributed by atoms with Crippen LogP contribution in [-0.4, -0.2) is 29.9 Å². The minimum atomic E-state index is -2.12. The van der Waals surface area contributed by atoms with Crippen LogP contribution in [-0.2, 0) is 8.85 Å². The quantitative estimate of drug-likeness (QED) is 0.763. The van der Waals surface area contributed by atoms with Gasteiger partial charge in [-0.25, -0.2) is 0 Å². The molecule has 0 radical (unpaired) electrons. The highest BCUT2D eigenvalue weighted by Crippen LogP contribution is 2.22. The van der Waals surface area contributed by atoms with Crippen molar-refractivity contribution in [2.75, 3.05) is 14.2 Å². The molecule has 0 N–H and O–H groups in total. The fraction of sp³-hybridized carbons (Fsp3) is 0.385. The van der Waals surface area contributed by atoms with Crippen LogP contribution in [0.2, 0.25) is 19.6 Å². The average molecular weight is 266 g/mol. The highest BCUT2D eigenvalue weighted by Gasteiger charge is 2.50. The molecule has 2 nitrogen and oxygen atoms in total. The van der Waals surface area contributed by atoms with Gasteiger partial charge in [-0.05, 0) is 17.3 Å². The van der Waals surface area contributed by atoms with Crippen molar-refractivity contribution in [1.82, 2.24) is 0 Å². The molecule has 0 aliphatic rings. The maximum atomic E-state index is 5.75. The normalized spacial score (nSPS) is 12.5. The summed E-state index contributed by atoms with van der Waals surface area (Å²) in [5.41, 5.74) is 1.21. The monoisotopic (exact) mass is 266 g/mol. The molecule has 94 valence electrons. The van der Waals surface area contributed by atoms with Crippen LogP contribution in [0.5, 0.6) is 0 Å². The lowest BCUT2D eigenvalue weighted by Gasteiger charge is -2.38. The van der Waals surface area contributed by atoms with Crippen molar-refractivity contribution in [3.05, 3.63) is 36.4 Å². The molecule has 1 aromatic carbocycles. The van der Waals surface area contributed by atoms with E-state index >= 15 is 0 Å². The second kappa shape index (κ2) is 5.31. The Morgan fingerprint density at radius 2 is 1.59 bits per heavy atom. The second-order valence-corrected chi connectivity index (χ2v) is 17.7. The van der Waals surface area contributed by atoms with E-state index in [-0.39, 0.29) is 0 Å². The fourth-order valence-electron chi connectivity index (χ4n) is 2.08. The number of hydrogen-bond donors (Lipinski definition) is 0. The van der Waals surface area contributed by atoms with Gasteiger partial charge >= 0.3 is 8.08 Å². The molecule has 4 heteroatoms. The van der Waals surface area contributed by atoms with Gasteiger partial charge in [0.05, 0.1) is 0 Å². The van der Waals surface area contributed by atoms with Crippen LogP contribution >= 0.6 is 0 Å². The van der Waals surface area contributed by atoms with E-state index in [1.165, 1.54) is 10.8 Å². The van der Waals surface area contributed by atoms with Gasteiger partial charge in [-0.2, -0.15) is 0 Å². The topological polar surface area (TPSA) is 18.5 Å². The van der Waals surface area contributed by atoms with E-state index in [4.69, 9.17) is 8.85 Å². The maximum Gasteiger partial charge on any atom is 0.317 e. The Morgan fingerprint density at radius 3 is 2.06 bits per heavy atom. The van der Waals surface area contributed by atoms with Crippen LogP contribution in [0.4, 0.5) is 0 Å². The molecule has 0 amide bonds. The summed E-state index contributed by atoms with van der Waals surface area (Å²) in [5.74, 6) is 0. The van der Waals surface area contributed by atoms with Gasteiger partial charge in [0.1, 0.15) is 7.59 Å². The first-order valence-electron chi connectivity index (χ1n) is 5.75. The van der Waals surface area contributed by atoms with E-state index in [2.05, 4.69) is 44.4 Å². The van der Waals surface area contributed by atoms with Crippen molar-refractivity contribution in [3.8, 4) is 0 Å². The highest BCUT2D eigenvalue weighted by atomic mass is 29.3. The molecule has 0 fully saturated rings. The third-order valence-corrected chi connectivity index (χ3v) is 18.2. The van der Waals surface area contributed by atoms with Gasteiger partial charge in [-0.3, -0.25) is 0 Å². The Balaban J connectivity index is 3.34. The standard InChI is InChI=1S/C13H22O2Si2/c1-7-12-10-8-9-11-13(12)16(4,5)17(6,14-2)15-3/h7-11H,1H2,2-6H3. The van der Waals surface area contributed by atoms with E-state index in [1.54, 1.807) is 14.2 Å². The van der Waals surface area contributed by atoms with E-state index in [0.717, 1.165) is 0 Å². The molecule has 0 unspecified atom stereocenters. The molecule has 1 rings (SSSR count). The maximum absolute atomic E-state index is 5.75. The first-order chi connectivity index (χ1) is 7.93.